The summed E-state index contributed by atoms with van der Waals surface area (Å²) in [4.78, 5) is 10.4. The van der Waals surface area contributed by atoms with Crippen LogP contribution in [0.4, 0.5) is 0 Å². The first-order valence-electron chi connectivity index (χ1n) is 2.77. The van der Waals surface area contributed by atoms with Crippen molar-refractivity contribution >= 4 is 16.8 Å². The van der Waals surface area contributed by atoms with Crippen molar-refractivity contribution in [2.75, 3.05) is 13.2 Å². The third-order valence-electron chi connectivity index (χ3n) is 1.16. The number of hydrogen-bond donors (Lipinski definition) is 0. The van der Waals surface area contributed by atoms with Gasteiger partial charge in [-0.1, -0.05) is 6.08 Å². The standard InChI is InChI=1S/C6H7ClO2/c7-6(8)5-2-1-3-9-4-5/h2H,1,3-4H2. The monoisotopic (exact) mass is 146 g/mol. The van der Waals surface area contributed by atoms with Crippen molar-refractivity contribution in [3.8, 4) is 0 Å². The molecule has 0 radical (unpaired) electrons. The molecule has 3 heteroatoms. The molecular formula is C6H7ClO2. The summed E-state index contributed by atoms with van der Waals surface area (Å²) in [5.74, 6) is 0. The van der Waals surface area contributed by atoms with Gasteiger partial charge in [0, 0.05) is 5.57 Å². The van der Waals surface area contributed by atoms with Crippen molar-refractivity contribution in [2.45, 2.75) is 6.42 Å². The van der Waals surface area contributed by atoms with E-state index in [4.69, 9.17) is 16.3 Å². The van der Waals surface area contributed by atoms with Crippen LogP contribution < -0.4 is 0 Å². The minimum absolute atomic E-state index is 0.377. The van der Waals surface area contributed by atoms with Gasteiger partial charge in [0.15, 0.2) is 0 Å². The molecule has 1 aliphatic heterocycles. The Bertz CT molecular complexity index is 151. The third-order valence-corrected chi connectivity index (χ3v) is 1.41. The highest BCUT2D eigenvalue weighted by Gasteiger charge is 2.08. The summed E-state index contributed by atoms with van der Waals surface area (Å²) in [6.45, 7) is 1.08. The van der Waals surface area contributed by atoms with Crippen LogP contribution in [0, 0.1) is 0 Å². The first-order valence-corrected chi connectivity index (χ1v) is 3.15. The largest absolute Gasteiger partial charge is 0.376 e. The molecule has 0 aromatic carbocycles. The summed E-state index contributed by atoms with van der Waals surface area (Å²) in [6, 6.07) is 0. The van der Waals surface area contributed by atoms with E-state index in [0.717, 1.165) is 6.42 Å². The van der Waals surface area contributed by atoms with Crippen LogP contribution in [0.15, 0.2) is 11.6 Å². The van der Waals surface area contributed by atoms with E-state index < -0.39 is 5.24 Å². The summed E-state index contributed by atoms with van der Waals surface area (Å²) < 4.78 is 4.97. The van der Waals surface area contributed by atoms with Gasteiger partial charge in [-0.2, -0.15) is 0 Å². The first kappa shape index (κ1) is 6.78. The molecule has 50 valence electrons. The van der Waals surface area contributed by atoms with Gasteiger partial charge < -0.3 is 4.74 Å². The lowest BCUT2D eigenvalue weighted by molar-refractivity contribution is -0.109. The van der Waals surface area contributed by atoms with E-state index in [-0.39, 0.29) is 0 Å². The van der Waals surface area contributed by atoms with Crippen LogP contribution in [-0.2, 0) is 9.53 Å². The van der Waals surface area contributed by atoms with Gasteiger partial charge in [0.2, 0.25) is 5.24 Å². The quantitative estimate of drug-likeness (QED) is 0.518. The van der Waals surface area contributed by atoms with Crippen molar-refractivity contribution in [1.29, 1.82) is 0 Å². The summed E-state index contributed by atoms with van der Waals surface area (Å²) in [5.41, 5.74) is 0.586. The zero-order chi connectivity index (χ0) is 6.69. The maximum Gasteiger partial charge on any atom is 0.250 e. The van der Waals surface area contributed by atoms with Gasteiger partial charge in [0.25, 0.3) is 0 Å². The fourth-order valence-electron chi connectivity index (χ4n) is 0.695. The van der Waals surface area contributed by atoms with Crippen molar-refractivity contribution in [3.63, 3.8) is 0 Å². The number of carbonyl (C=O) groups excluding carboxylic acids is 1. The van der Waals surface area contributed by atoms with Gasteiger partial charge in [0.05, 0.1) is 13.2 Å². The second-order valence-corrected chi connectivity index (χ2v) is 2.19. The zero-order valence-corrected chi connectivity index (χ0v) is 5.65. The van der Waals surface area contributed by atoms with Crippen LogP contribution in [0.3, 0.4) is 0 Å². The van der Waals surface area contributed by atoms with E-state index in [1.54, 1.807) is 0 Å². The Morgan fingerprint density at radius 3 is 2.89 bits per heavy atom. The minimum Gasteiger partial charge on any atom is -0.376 e. The third kappa shape index (κ3) is 1.80. The van der Waals surface area contributed by atoms with E-state index in [0.29, 0.717) is 18.8 Å². The number of halogens is 1. The van der Waals surface area contributed by atoms with E-state index in [2.05, 4.69) is 0 Å². The maximum absolute atomic E-state index is 10.4. The van der Waals surface area contributed by atoms with Gasteiger partial charge in [-0.3, -0.25) is 4.79 Å². The topological polar surface area (TPSA) is 26.3 Å². The number of carbonyl (C=O) groups is 1. The molecule has 1 rings (SSSR count). The second kappa shape index (κ2) is 2.99. The van der Waals surface area contributed by atoms with Gasteiger partial charge in [-0.05, 0) is 18.0 Å². The van der Waals surface area contributed by atoms with Gasteiger partial charge in [-0.15, -0.1) is 0 Å². The molecule has 1 heterocycles. The highest BCUT2D eigenvalue weighted by Crippen LogP contribution is 2.07. The van der Waals surface area contributed by atoms with Gasteiger partial charge in [-0.25, -0.2) is 0 Å². The lowest BCUT2D eigenvalue weighted by Gasteiger charge is -2.08. The Hall–Kier alpha value is -0.340. The molecule has 0 saturated carbocycles. The molecule has 0 aromatic heterocycles. The highest BCUT2D eigenvalue weighted by atomic mass is 35.5. The number of hydrogen-bond acceptors (Lipinski definition) is 2. The van der Waals surface area contributed by atoms with E-state index in [1.807, 2.05) is 6.08 Å². The van der Waals surface area contributed by atoms with E-state index >= 15 is 0 Å². The Morgan fingerprint density at radius 1 is 1.78 bits per heavy atom. The number of rotatable bonds is 1. The van der Waals surface area contributed by atoms with Gasteiger partial charge >= 0.3 is 0 Å². The minimum atomic E-state index is -0.394. The highest BCUT2D eigenvalue weighted by molar-refractivity contribution is 6.67. The zero-order valence-electron chi connectivity index (χ0n) is 4.89. The molecule has 9 heavy (non-hydrogen) atoms. The molecule has 0 fully saturated rings. The lowest BCUT2D eigenvalue weighted by Crippen LogP contribution is -2.09. The summed E-state index contributed by atoms with van der Waals surface area (Å²) in [7, 11) is 0. The van der Waals surface area contributed by atoms with Crippen molar-refractivity contribution in [3.05, 3.63) is 11.6 Å². The predicted molar refractivity (Wildman–Crippen MR) is 34.4 cm³/mol. The van der Waals surface area contributed by atoms with Crippen LogP contribution >= 0.6 is 11.6 Å². The molecule has 0 bridgehead atoms. The Kier molecular flexibility index (Phi) is 2.25. The average molecular weight is 147 g/mol. The van der Waals surface area contributed by atoms with Crippen molar-refractivity contribution < 1.29 is 9.53 Å². The molecule has 0 aromatic rings. The Labute approximate surface area is 58.4 Å². The van der Waals surface area contributed by atoms with Crippen LogP contribution in [0.5, 0.6) is 0 Å². The van der Waals surface area contributed by atoms with Crippen molar-refractivity contribution in [1.82, 2.24) is 0 Å². The first-order chi connectivity index (χ1) is 4.30. The summed E-state index contributed by atoms with van der Waals surface area (Å²) in [5, 5.41) is -0.394. The SMILES string of the molecule is O=C(Cl)C1=CCCOC1. The fraction of sp³-hybridized carbons (Fsp3) is 0.500. The maximum atomic E-state index is 10.4. The molecule has 0 atom stereocenters. The average Bonchev–Trinajstić information content (AvgIpc) is 1.90. The molecule has 0 saturated heterocycles. The van der Waals surface area contributed by atoms with Crippen molar-refractivity contribution in [2.24, 2.45) is 0 Å². The Balaban J connectivity index is 2.57. The van der Waals surface area contributed by atoms with Crippen LogP contribution in [-0.4, -0.2) is 18.5 Å². The van der Waals surface area contributed by atoms with Crippen LogP contribution in [0.1, 0.15) is 6.42 Å². The van der Waals surface area contributed by atoms with Crippen LogP contribution in [0.25, 0.3) is 0 Å². The van der Waals surface area contributed by atoms with Gasteiger partial charge in [0.1, 0.15) is 0 Å². The lowest BCUT2D eigenvalue weighted by atomic mass is 10.2. The number of ether oxygens (including phenoxy) is 1. The normalized spacial score (nSPS) is 19.0. The smallest absolute Gasteiger partial charge is 0.250 e. The fourth-order valence-corrected chi connectivity index (χ4v) is 0.826. The molecule has 0 N–H and O–H groups in total. The molecule has 0 spiro atoms. The van der Waals surface area contributed by atoms with E-state index in [1.165, 1.54) is 0 Å². The summed E-state index contributed by atoms with van der Waals surface area (Å²) >= 11 is 5.17. The van der Waals surface area contributed by atoms with Crippen LogP contribution in [0.2, 0.25) is 0 Å². The summed E-state index contributed by atoms with van der Waals surface area (Å²) in [6.07, 6.45) is 2.62. The molecule has 2 nitrogen and oxygen atoms in total. The molecule has 1 aliphatic rings. The molecule has 0 amide bonds. The second-order valence-electron chi connectivity index (χ2n) is 1.84. The molecule has 0 aliphatic carbocycles. The molecule has 0 unspecified atom stereocenters. The van der Waals surface area contributed by atoms with E-state index in [9.17, 15) is 4.79 Å². The predicted octanol–water partition coefficient (Wildman–Crippen LogP) is 1.10. The molecular weight excluding hydrogens is 140 g/mol. The Morgan fingerprint density at radius 2 is 2.56 bits per heavy atom.